The first kappa shape index (κ1) is 16.7. The quantitative estimate of drug-likeness (QED) is 0.846. The first-order valence-electron chi connectivity index (χ1n) is 8.72. The molecule has 0 aliphatic carbocycles. The number of nitrogens with zero attached hydrogens (tertiary/aromatic N) is 5. The van der Waals surface area contributed by atoms with Gasteiger partial charge < -0.3 is 9.47 Å². The van der Waals surface area contributed by atoms with Crippen molar-refractivity contribution in [3.05, 3.63) is 35.2 Å². The van der Waals surface area contributed by atoms with Crippen LogP contribution in [0.5, 0.6) is 0 Å². The highest BCUT2D eigenvalue weighted by Gasteiger charge is 2.29. The van der Waals surface area contributed by atoms with Crippen LogP contribution in [0.3, 0.4) is 0 Å². The highest BCUT2D eigenvalue weighted by molar-refractivity contribution is 5.76. The zero-order valence-corrected chi connectivity index (χ0v) is 15.1. The molecule has 6 heteroatoms. The smallest absolute Gasteiger partial charge is 0.222 e. The van der Waals surface area contributed by atoms with Gasteiger partial charge in [-0.25, -0.2) is 4.98 Å². The van der Waals surface area contributed by atoms with Gasteiger partial charge in [-0.05, 0) is 39.7 Å². The molecule has 0 saturated carbocycles. The number of rotatable bonds is 5. The summed E-state index contributed by atoms with van der Waals surface area (Å²) in [6.45, 7) is 8.51. The fraction of sp³-hybridized carbons (Fsp3) is 0.611. The molecule has 24 heavy (non-hydrogen) atoms. The standard InChI is InChI=1S/C18H27N5O/c1-13-10-15(3)23(20-13)8-5-6-17(24)22-9-7-16(12-22)18-19-14(2)11-21(18)4/h10-11,16H,5-9,12H2,1-4H3/t16-/m1/s1. The monoisotopic (exact) mass is 329 g/mol. The molecule has 6 nitrogen and oxygen atoms in total. The maximum absolute atomic E-state index is 12.5. The highest BCUT2D eigenvalue weighted by atomic mass is 16.2. The maximum atomic E-state index is 12.5. The molecule has 3 heterocycles. The van der Waals surface area contributed by atoms with Crippen molar-refractivity contribution < 1.29 is 4.79 Å². The van der Waals surface area contributed by atoms with Gasteiger partial charge in [-0.1, -0.05) is 0 Å². The Morgan fingerprint density at radius 1 is 1.29 bits per heavy atom. The van der Waals surface area contributed by atoms with Gasteiger partial charge in [0.1, 0.15) is 5.82 Å². The molecule has 2 aromatic rings. The number of carbonyl (C=O) groups excluding carboxylic acids is 1. The summed E-state index contributed by atoms with van der Waals surface area (Å²) in [5, 5.41) is 4.45. The van der Waals surface area contributed by atoms with Crippen molar-refractivity contribution in [1.29, 1.82) is 0 Å². The Balaban J connectivity index is 1.50. The third-order valence-electron chi connectivity index (χ3n) is 4.80. The molecule has 0 spiro atoms. The van der Waals surface area contributed by atoms with E-state index in [1.54, 1.807) is 0 Å². The van der Waals surface area contributed by atoms with Crippen LogP contribution in [0.25, 0.3) is 0 Å². The number of imidazole rings is 1. The molecule has 3 rings (SSSR count). The number of amides is 1. The SMILES string of the molecule is Cc1cn(C)c([C@@H]2CCN(C(=O)CCCn3nc(C)cc3C)C2)n1. The Kier molecular flexibility index (Phi) is 4.73. The Morgan fingerprint density at radius 2 is 2.08 bits per heavy atom. The van der Waals surface area contributed by atoms with E-state index >= 15 is 0 Å². The minimum atomic E-state index is 0.255. The maximum Gasteiger partial charge on any atom is 0.222 e. The molecule has 2 aromatic heterocycles. The van der Waals surface area contributed by atoms with Crippen molar-refractivity contribution in [2.24, 2.45) is 7.05 Å². The lowest BCUT2D eigenvalue weighted by atomic mass is 10.1. The van der Waals surface area contributed by atoms with E-state index in [2.05, 4.69) is 27.6 Å². The molecule has 0 N–H and O–H groups in total. The van der Waals surface area contributed by atoms with E-state index in [0.29, 0.717) is 12.3 Å². The molecule has 1 aliphatic rings. The van der Waals surface area contributed by atoms with Crippen LogP contribution in [0, 0.1) is 20.8 Å². The predicted molar refractivity (Wildman–Crippen MR) is 92.8 cm³/mol. The summed E-state index contributed by atoms with van der Waals surface area (Å²) in [5.74, 6) is 1.72. The molecule has 0 bridgehead atoms. The van der Waals surface area contributed by atoms with Crippen LogP contribution in [0.2, 0.25) is 0 Å². The van der Waals surface area contributed by atoms with E-state index < -0.39 is 0 Å². The van der Waals surface area contributed by atoms with E-state index in [0.717, 1.165) is 55.4 Å². The minimum absolute atomic E-state index is 0.255. The average molecular weight is 329 g/mol. The number of hydrogen-bond acceptors (Lipinski definition) is 3. The van der Waals surface area contributed by atoms with Crippen LogP contribution in [0.4, 0.5) is 0 Å². The van der Waals surface area contributed by atoms with Crippen molar-refractivity contribution in [1.82, 2.24) is 24.2 Å². The highest BCUT2D eigenvalue weighted by Crippen LogP contribution is 2.26. The third-order valence-corrected chi connectivity index (χ3v) is 4.80. The lowest BCUT2D eigenvalue weighted by Crippen LogP contribution is -2.28. The Morgan fingerprint density at radius 3 is 2.71 bits per heavy atom. The molecule has 130 valence electrons. The summed E-state index contributed by atoms with van der Waals surface area (Å²) in [6, 6.07) is 2.07. The average Bonchev–Trinajstić information content (AvgIpc) is 3.19. The van der Waals surface area contributed by atoms with Crippen molar-refractivity contribution in [3.8, 4) is 0 Å². The van der Waals surface area contributed by atoms with Crippen molar-refractivity contribution in [3.63, 3.8) is 0 Å². The Labute approximate surface area is 143 Å². The van der Waals surface area contributed by atoms with Gasteiger partial charge in [0, 0.05) is 50.9 Å². The van der Waals surface area contributed by atoms with Crippen LogP contribution < -0.4 is 0 Å². The van der Waals surface area contributed by atoms with E-state index in [1.165, 1.54) is 0 Å². The summed E-state index contributed by atoms with van der Waals surface area (Å²) in [6.07, 6.45) is 4.48. The van der Waals surface area contributed by atoms with Crippen molar-refractivity contribution in [2.75, 3.05) is 13.1 Å². The van der Waals surface area contributed by atoms with Gasteiger partial charge in [0.05, 0.1) is 11.4 Å². The first-order valence-corrected chi connectivity index (χ1v) is 8.72. The van der Waals surface area contributed by atoms with Crippen LogP contribution in [0.15, 0.2) is 12.3 Å². The topological polar surface area (TPSA) is 56.0 Å². The fourth-order valence-electron chi connectivity index (χ4n) is 3.65. The molecular weight excluding hydrogens is 302 g/mol. The Hall–Kier alpha value is -2.11. The Bertz CT molecular complexity index is 730. The molecule has 1 amide bonds. The van der Waals surface area contributed by atoms with Gasteiger partial charge in [-0.3, -0.25) is 9.48 Å². The van der Waals surface area contributed by atoms with Crippen LogP contribution in [-0.2, 0) is 18.4 Å². The molecule has 0 radical (unpaired) electrons. The summed E-state index contributed by atoms with van der Waals surface area (Å²) in [7, 11) is 2.04. The summed E-state index contributed by atoms with van der Waals surface area (Å²) in [5.41, 5.74) is 3.24. The van der Waals surface area contributed by atoms with Gasteiger partial charge in [0.25, 0.3) is 0 Å². The number of carbonyl (C=O) groups is 1. The van der Waals surface area contributed by atoms with Gasteiger partial charge in [0.2, 0.25) is 5.91 Å². The molecule has 1 fully saturated rings. The van der Waals surface area contributed by atoms with Gasteiger partial charge in [-0.15, -0.1) is 0 Å². The minimum Gasteiger partial charge on any atom is -0.342 e. The second-order valence-corrected chi connectivity index (χ2v) is 6.93. The summed E-state index contributed by atoms with van der Waals surface area (Å²) in [4.78, 5) is 19.1. The molecule has 1 aliphatic heterocycles. The number of aromatic nitrogens is 4. The van der Waals surface area contributed by atoms with E-state index in [-0.39, 0.29) is 5.91 Å². The predicted octanol–water partition coefficient (Wildman–Crippen LogP) is 2.34. The second-order valence-electron chi connectivity index (χ2n) is 6.93. The molecule has 0 unspecified atom stereocenters. The number of aryl methyl sites for hydroxylation is 5. The summed E-state index contributed by atoms with van der Waals surface area (Å²) < 4.78 is 4.09. The summed E-state index contributed by atoms with van der Waals surface area (Å²) >= 11 is 0. The van der Waals surface area contributed by atoms with Crippen molar-refractivity contribution in [2.45, 2.75) is 52.5 Å². The third kappa shape index (κ3) is 3.52. The lowest BCUT2D eigenvalue weighted by Gasteiger charge is -2.16. The number of hydrogen-bond donors (Lipinski definition) is 0. The van der Waals surface area contributed by atoms with Crippen LogP contribution in [0.1, 0.15) is 48.1 Å². The lowest BCUT2D eigenvalue weighted by molar-refractivity contribution is -0.130. The fourth-order valence-corrected chi connectivity index (χ4v) is 3.65. The molecule has 1 saturated heterocycles. The zero-order valence-electron chi connectivity index (χ0n) is 15.1. The first-order chi connectivity index (χ1) is 11.4. The van der Waals surface area contributed by atoms with Crippen LogP contribution in [-0.4, -0.2) is 43.2 Å². The van der Waals surface area contributed by atoms with Gasteiger partial charge in [0.15, 0.2) is 0 Å². The van der Waals surface area contributed by atoms with Crippen LogP contribution >= 0.6 is 0 Å². The zero-order chi connectivity index (χ0) is 17.3. The van der Waals surface area contributed by atoms with E-state index in [9.17, 15) is 4.79 Å². The van der Waals surface area contributed by atoms with Crippen molar-refractivity contribution >= 4 is 5.91 Å². The molecular formula is C18H27N5O. The van der Waals surface area contributed by atoms with Gasteiger partial charge in [-0.2, -0.15) is 5.10 Å². The molecule has 1 atom stereocenters. The largest absolute Gasteiger partial charge is 0.342 e. The normalized spacial score (nSPS) is 17.7. The molecule has 0 aromatic carbocycles. The van der Waals surface area contributed by atoms with E-state index in [4.69, 9.17) is 0 Å². The second kappa shape index (κ2) is 6.79. The number of likely N-dealkylation sites (tertiary alicyclic amines) is 1. The van der Waals surface area contributed by atoms with Gasteiger partial charge >= 0.3 is 0 Å². The van der Waals surface area contributed by atoms with E-state index in [1.807, 2.05) is 36.7 Å².